The predicted molar refractivity (Wildman–Crippen MR) is 49.5 cm³/mol. The van der Waals surface area contributed by atoms with Crippen LogP contribution in [0.1, 0.15) is 37.7 Å². The third kappa shape index (κ3) is 5.86. The summed E-state index contributed by atoms with van der Waals surface area (Å²) in [5, 5.41) is 9.76. The molecule has 1 heteroatoms. The molecule has 0 aromatic heterocycles. The van der Waals surface area contributed by atoms with Gasteiger partial charge in [0.15, 0.2) is 0 Å². The first-order valence-electron chi connectivity index (χ1n) is 5.22. The molecule has 1 unspecified atom stereocenters. The predicted octanol–water partition coefficient (Wildman–Crippen LogP) is 2.67. The molecule has 0 fully saturated rings. The second-order valence-electron chi connectivity index (χ2n) is 2.95. The zero-order valence-corrected chi connectivity index (χ0v) is 7.22. The van der Waals surface area contributed by atoms with E-state index in [4.69, 9.17) is 4.11 Å². The summed E-state index contributed by atoms with van der Waals surface area (Å²) in [4.78, 5) is 0. The second-order valence-corrected chi connectivity index (χ2v) is 2.95. The van der Waals surface area contributed by atoms with E-state index in [1.54, 1.807) is 0 Å². The van der Waals surface area contributed by atoms with Gasteiger partial charge in [-0.2, -0.15) is 0 Å². The van der Waals surface area contributed by atoms with Gasteiger partial charge in [-0.05, 0) is 33.5 Å². The number of allylic oxidation sites excluding steroid dienone is 2. The topological polar surface area (TPSA) is 20.2 Å². The Hall–Kier alpha value is -0.560. The van der Waals surface area contributed by atoms with Gasteiger partial charge in [-0.1, -0.05) is 17.7 Å². The highest BCUT2D eigenvalue weighted by Gasteiger charge is 2.12. The molecule has 0 aromatic rings. The quantitative estimate of drug-likeness (QED) is 0.622. The van der Waals surface area contributed by atoms with Crippen molar-refractivity contribution in [3.8, 4) is 0 Å². The standard InChI is InChI=1S/C10H18O/c1-5-10(4,11)8-6-7-9(2)3/h5,7,11H,1,6,8H2,2-4H3/i4D3. The summed E-state index contributed by atoms with van der Waals surface area (Å²) in [6.45, 7) is 4.83. The van der Waals surface area contributed by atoms with Crippen molar-refractivity contribution < 1.29 is 9.22 Å². The summed E-state index contributed by atoms with van der Waals surface area (Å²) in [6, 6.07) is 0. The fraction of sp³-hybridized carbons (Fsp3) is 0.600. The molecule has 1 nitrogen and oxygen atoms in total. The molecule has 0 aliphatic carbocycles. The van der Waals surface area contributed by atoms with E-state index in [9.17, 15) is 5.11 Å². The molecule has 1 N–H and O–H groups in total. The normalized spacial score (nSPS) is 20.5. The summed E-state index contributed by atoms with van der Waals surface area (Å²) < 4.78 is 21.5. The van der Waals surface area contributed by atoms with Crippen LogP contribution in [0, 0.1) is 0 Å². The highest BCUT2D eigenvalue weighted by molar-refractivity contribution is 4.97. The minimum atomic E-state index is -2.40. The van der Waals surface area contributed by atoms with Crippen molar-refractivity contribution in [3.05, 3.63) is 24.3 Å². The SMILES string of the molecule is [2H]C([2H])([2H])C(O)(C=C)CCC=C(C)C. The molecular formula is C10H18O. The van der Waals surface area contributed by atoms with E-state index < -0.39 is 12.5 Å². The Morgan fingerprint density at radius 1 is 1.73 bits per heavy atom. The van der Waals surface area contributed by atoms with Crippen molar-refractivity contribution in [3.63, 3.8) is 0 Å². The molecule has 11 heavy (non-hydrogen) atoms. The number of rotatable bonds is 4. The highest BCUT2D eigenvalue weighted by Crippen LogP contribution is 2.13. The molecule has 0 aliphatic rings. The molecule has 0 radical (unpaired) electrons. The Morgan fingerprint density at radius 3 is 2.73 bits per heavy atom. The van der Waals surface area contributed by atoms with Gasteiger partial charge in [-0.3, -0.25) is 0 Å². The maximum Gasteiger partial charge on any atom is 0.0800 e. The summed E-state index contributed by atoms with van der Waals surface area (Å²) >= 11 is 0. The molecule has 0 spiro atoms. The summed E-state index contributed by atoms with van der Waals surface area (Å²) in [7, 11) is 0. The molecular weight excluding hydrogens is 136 g/mol. The smallest absolute Gasteiger partial charge is 0.0800 e. The molecule has 0 saturated carbocycles. The van der Waals surface area contributed by atoms with E-state index in [-0.39, 0.29) is 6.42 Å². The largest absolute Gasteiger partial charge is 0.386 e. The molecule has 0 amide bonds. The third-order valence-corrected chi connectivity index (χ3v) is 1.42. The highest BCUT2D eigenvalue weighted by atomic mass is 16.3. The van der Waals surface area contributed by atoms with Crippen LogP contribution in [-0.2, 0) is 0 Å². The van der Waals surface area contributed by atoms with Crippen LogP contribution in [0.2, 0.25) is 0 Å². The average molecular weight is 157 g/mol. The molecule has 64 valence electrons. The van der Waals surface area contributed by atoms with Crippen molar-refractivity contribution in [2.45, 2.75) is 39.1 Å². The van der Waals surface area contributed by atoms with Crippen LogP contribution in [-0.4, -0.2) is 10.7 Å². The van der Waals surface area contributed by atoms with Crippen LogP contribution in [0.3, 0.4) is 0 Å². The van der Waals surface area contributed by atoms with Crippen LogP contribution in [0.25, 0.3) is 0 Å². The Morgan fingerprint density at radius 2 is 2.36 bits per heavy atom. The lowest BCUT2D eigenvalue weighted by Crippen LogP contribution is -2.19. The van der Waals surface area contributed by atoms with Crippen molar-refractivity contribution in [2.75, 3.05) is 0 Å². The zero-order chi connectivity index (χ0) is 11.4. The van der Waals surface area contributed by atoms with Gasteiger partial charge in [0.1, 0.15) is 0 Å². The average Bonchev–Trinajstić information content (AvgIpc) is 2.01. The minimum absolute atomic E-state index is 0.179. The van der Waals surface area contributed by atoms with E-state index in [1.807, 2.05) is 19.9 Å². The monoisotopic (exact) mass is 157 g/mol. The molecule has 0 saturated heterocycles. The maximum atomic E-state index is 9.76. The zero-order valence-electron chi connectivity index (χ0n) is 10.2. The van der Waals surface area contributed by atoms with Crippen LogP contribution in [0.5, 0.6) is 0 Å². The lowest BCUT2D eigenvalue weighted by Gasteiger charge is -2.16. The van der Waals surface area contributed by atoms with Gasteiger partial charge in [0, 0.05) is 4.11 Å². The van der Waals surface area contributed by atoms with Gasteiger partial charge in [0.2, 0.25) is 0 Å². The van der Waals surface area contributed by atoms with Gasteiger partial charge < -0.3 is 5.11 Å². The Balaban J connectivity index is 4.43. The molecule has 0 bridgehead atoms. The lowest BCUT2D eigenvalue weighted by molar-refractivity contribution is 0.103. The Kier molecular flexibility index (Phi) is 2.37. The first-order valence-corrected chi connectivity index (χ1v) is 3.72. The van der Waals surface area contributed by atoms with Gasteiger partial charge >= 0.3 is 0 Å². The summed E-state index contributed by atoms with van der Waals surface area (Å²) in [5.74, 6) is 0. The first kappa shape index (κ1) is 6.01. The number of aliphatic hydroxyl groups is 1. The van der Waals surface area contributed by atoms with Gasteiger partial charge in [0.25, 0.3) is 0 Å². The fourth-order valence-electron chi connectivity index (χ4n) is 0.683. The summed E-state index contributed by atoms with van der Waals surface area (Å²) in [6.07, 6.45) is 3.74. The van der Waals surface area contributed by atoms with Gasteiger partial charge in [0.05, 0.1) is 5.60 Å². The number of hydrogen-bond donors (Lipinski definition) is 1. The molecule has 0 rings (SSSR count). The Bertz CT molecular complexity index is 226. The fourth-order valence-corrected chi connectivity index (χ4v) is 0.683. The van der Waals surface area contributed by atoms with Crippen molar-refractivity contribution in [1.29, 1.82) is 0 Å². The first-order chi connectivity index (χ1) is 6.23. The van der Waals surface area contributed by atoms with Gasteiger partial charge in [-0.15, -0.1) is 6.58 Å². The second kappa shape index (κ2) is 4.35. The molecule has 0 aromatic carbocycles. The van der Waals surface area contributed by atoms with Crippen molar-refractivity contribution in [2.24, 2.45) is 0 Å². The van der Waals surface area contributed by atoms with Crippen molar-refractivity contribution >= 4 is 0 Å². The lowest BCUT2D eigenvalue weighted by atomic mass is 10.00. The van der Waals surface area contributed by atoms with E-state index in [0.717, 1.165) is 11.6 Å². The van der Waals surface area contributed by atoms with Crippen LogP contribution in [0.15, 0.2) is 24.3 Å². The van der Waals surface area contributed by atoms with Crippen molar-refractivity contribution in [1.82, 2.24) is 0 Å². The molecule has 0 heterocycles. The van der Waals surface area contributed by atoms with E-state index >= 15 is 0 Å². The third-order valence-electron chi connectivity index (χ3n) is 1.42. The molecule has 1 atom stereocenters. The minimum Gasteiger partial charge on any atom is -0.386 e. The van der Waals surface area contributed by atoms with Crippen LogP contribution >= 0.6 is 0 Å². The van der Waals surface area contributed by atoms with Crippen LogP contribution in [0.4, 0.5) is 0 Å². The van der Waals surface area contributed by atoms with E-state index in [1.165, 1.54) is 0 Å². The van der Waals surface area contributed by atoms with Gasteiger partial charge in [-0.25, -0.2) is 0 Å². The maximum absolute atomic E-state index is 9.76. The summed E-state index contributed by atoms with van der Waals surface area (Å²) in [5.41, 5.74) is -0.652. The Labute approximate surface area is 73.7 Å². The van der Waals surface area contributed by atoms with E-state index in [0.29, 0.717) is 6.42 Å². The molecule has 0 aliphatic heterocycles. The van der Waals surface area contributed by atoms with E-state index in [2.05, 4.69) is 6.58 Å². The van der Waals surface area contributed by atoms with Crippen LogP contribution < -0.4 is 0 Å². The number of hydrogen-bond acceptors (Lipinski definition) is 1.